The SMILES string of the molecule is CCCCN(CCCC)c1ccc(C2(c3cc(Nc4ccccc4C)c(C)cc3OC)OC(=O)c3ccccc32)c(O)c1. The van der Waals surface area contributed by atoms with Crippen molar-refractivity contribution < 1.29 is 19.4 Å². The number of anilines is 3. The predicted molar refractivity (Wildman–Crippen MR) is 174 cm³/mol. The van der Waals surface area contributed by atoms with E-state index in [9.17, 15) is 9.90 Å². The van der Waals surface area contributed by atoms with E-state index in [2.05, 4.69) is 37.1 Å². The molecule has 43 heavy (non-hydrogen) atoms. The molecule has 6 nitrogen and oxygen atoms in total. The maximum absolute atomic E-state index is 13.5. The minimum absolute atomic E-state index is 0.0658. The van der Waals surface area contributed by atoms with E-state index in [0.717, 1.165) is 67.0 Å². The molecule has 4 aromatic carbocycles. The molecule has 0 saturated heterocycles. The van der Waals surface area contributed by atoms with Crippen molar-refractivity contribution in [3.63, 3.8) is 0 Å². The van der Waals surface area contributed by atoms with E-state index in [1.165, 1.54) is 0 Å². The van der Waals surface area contributed by atoms with E-state index in [1.54, 1.807) is 13.2 Å². The third-order valence-electron chi connectivity index (χ3n) is 8.40. The van der Waals surface area contributed by atoms with Crippen LogP contribution in [0.4, 0.5) is 17.1 Å². The molecule has 0 amide bonds. The zero-order valence-corrected chi connectivity index (χ0v) is 25.9. The van der Waals surface area contributed by atoms with Gasteiger partial charge in [-0.3, -0.25) is 0 Å². The topological polar surface area (TPSA) is 71.0 Å². The van der Waals surface area contributed by atoms with Crippen LogP contribution in [0.15, 0.2) is 78.9 Å². The number of rotatable bonds is 12. The highest BCUT2D eigenvalue weighted by atomic mass is 16.6. The number of phenols is 1. The maximum atomic E-state index is 13.5. The first-order valence-electron chi connectivity index (χ1n) is 15.3. The average Bonchev–Trinajstić information content (AvgIpc) is 3.31. The first-order valence-corrected chi connectivity index (χ1v) is 15.3. The molecular weight excluding hydrogens is 536 g/mol. The van der Waals surface area contributed by atoms with Gasteiger partial charge in [-0.05, 0) is 74.2 Å². The molecule has 1 unspecified atom stereocenters. The van der Waals surface area contributed by atoms with E-state index in [1.807, 2.05) is 73.7 Å². The van der Waals surface area contributed by atoms with Crippen LogP contribution in [-0.4, -0.2) is 31.3 Å². The Bertz CT molecular complexity index is 1610. The molecule has 1 aliphatic heterocycles. The standard InChI is InChI=1S/C37H42N2O4/c1-6-8-20-39(21-9-7-2)27-18-19-30(34(40)23-27)37(29-16-12-11-15-28(29)36(41)43-37)31-24-33(26(4)22-35(31)42-5)38-32-17-13-10-14-25(32)3/h10-19,22-24,38,40H,6-9,20-21H2,1-5H3. The van der Waals surface area contributed by atoms with E-state index in [0.29, 0.717) is 28.0 Å². The molecule has 0 spiro atoms. The van der Waals surface area contributed by atoms with E-state index < -0.39 is 11.6 Å². The summed E-state index contributed by atoms with van der Waals surface area (Å²) in [6, 6.07) is 25.2. The molecule has 0 bridgehead atoms. The fourth-order valence-electron chi connectivity index (χ4n) is 5.96. The number of carbonyl (C=O) groups is 1. The average molecular weight is 579 g/mol. The lowest BCUT2D eigenvalue weighted by molar-refractivity contribution is 0.0239. The normalized spacial score (nSPS) is 15.6. The number of fused-ring (bicyclic) bond motifs is 1. The minimum Gasteiger partial charge on any atom is -0.507 e. The molecule has 1 atom stereocenters. The second-order valence-corrected chi connectivity index (χ2v) is 11.3. The van der Waals surface area contributed by atoms with Crippen LogP contribution in [0.3, 0.4) is 0 Å². The predicted octanol–water partition coefficient (Wildman–Crippen LogP) is 8.63. The fraction of sp³-hybridized carbons (Fsp3) is 0.324. The molecule has 6 heteroatoms. The molecule has 1 aliphatic rings. The number of cyclic esters (lactones) is 1. The smallest absolute Gasteiger partial charge is 0.340 e. The van der Waals surface area contributed by atoms with Gasteiger partial charge in [0.2, 0.25) is 0 Å². The fourth-order valence-corrected chi connectivity index (χ4v) is 5.96. The summed E-state index contributed by atoms with van der Waals surface area (Å²) in [5.41, 5.74) is 5.70. The minimum atomic E-state index is -1.42. The van der Waals surface area contributed by atoms with Gasteiger partial charge >= 0.3 is 5.97 Å². The van der Waals surface area contributed by atoms with E-state index >= 15 is 0 Å². The summed E-state index contributed by atoms with van der Waals surface area (Å²) in [6.07, 6.45) is 4.32. The number of esters is 1. The van der Waals surface area contributed by atoms with Gasteiger partial charge < -0.3 is 24.8 Å². The molecule has 1 heterocycles. The second-order valence-electron chi connectivity index (χ2n) is 11.3. The van der Waals surface area contributed by atoms with Crippen molar-refractivity contribution in [1.82, 2.24) is 0 Å². The number of para-hydroxylation sites is 1. The number of methoxy groups -OCH3 is 1. The number of carbonyl (C=O) groups excluding carboxylic acids is 1. The molecule has 0 fully saturated rings. The Morgan fingerprint density at radius 3 is 2.19 bits per heavy atom. The van der Waals surface area contributed by atoms with Crippen molar-refractivity contribution in [2.24, 2.45) is 0 Å². The molecule has 224 valence electrons. The number of aryl methyl sites for hydroxylation is 2. The van der Waals surface area contributed by atoms with Crippen LogP contribution >= 0.6 is 0 Å². The molecule has 5 rings (SSSR count). The summed E-state index contributed by atoms with van der Waals surface area (Å²) in [5.74, 6) is 0.187. The van der Waals surface area contributed by atoms with Gasteiger partial charge in [-0.2, -0.15) is 0 Å². The third kappa shape index (κ3) is 5.66. The largest absolute Gasteiger partial charge is 0.507 e. The number of unbranched alkanes of at least 4 members (excludes halogenated alkanes) is 2. The highest BCUT2D eigenvalue weighted by Gasteiger charge is 2.51. The summed E-state index contributed by atoms with van der Waals surface area (Å²) >= 11 is 0. The van der Waals surface area contributed by atoms with Gasteiger partial charge in [0.1, 0.15) is 11.5 Å². The maximum Gasteiger partial charge on any atom is 0.340 e. The van der Waals surface area contributed by atoms with E-state index in [-0.39, 0.29) is 5.75 Å². The van der Waals surface area contributed by atoms with Crippen LogP contribution in [-0.2, 0) is 10.3 Å². The summed E-state index contributed by atoms with van der Waals surface area (Å²) in [6.45, 7) is 10.3. The lowest BCUT2D eigenvalue weighted by Crippen LogP contribution is -2.31. The first-order chi connectivity index (χ1) is 20.8. The number of aromatic hydroxyl groups is 1. The second kappa shape index (κ2) is 12.8. The first kappa shape index (κ1) is 30.0. The van der Waals surface area contributed by atoms with Crippen molar-refractivity contribution in [1.29, 1.82) is 0 Å². The lowest BCUT2D eigenvalue weighted by Gasteiger charge is -2.33. The lowest BCUT2D eigenvalue weighted by atomic mass is 9.78. The summed E-state index contributed by atoms with van der Waals surface area (Å²) < 4.78 is 12.3. The highest BCUT2D eigenvalue weighted by Crippen LogP contribution is 2.53. The van der Waals surface area contributed by atoms with Crippen molar-refractivity contribution in [3.8, 4) is 11.5 Å². The number of nitrogens with one attached hydrogen (secondary N) is 1. The number of nitrogens with zero attached hydrogens (tertiary/aromatic N) is 1. The molecule has 0 aliphatic carbocycles. The Kier molecular flexibility index (Phi) is 8.95. The van der Waals surface area contributed by atoms with Crippen molar-refractivity contribution in [3.05, 3.63) is 112 Å². The Morgan fingerprint density at radius 1 is 0.814 bits per heavy atom. The summed E-state index contributed by atoms with van der Waals surface area (Å²) in [5, 5.41) is 15.3. The number of benzene rings is 4. The zero-order valence-electron chi connectivity index (χ0n) is 25.9. The van der Waals surface area contributed by atoms with Gasteiger partial charge in [-0.1, -0.05) is 63.1 Å². The zero-order chi connectivity index (χ0) is 30.6. The van der Waals surface area contributed by atoms with Gasteiger partial charge in [-0.15, -0.1) is 0 Å². The number of phenolic OH excluding ortho intramolecular Hbond substituents is 1. The molecule has 0 radical (unpaired) electrons. The van der Waals surface area contributed by atoms with Gasteiger partial charge in [0.05, 0.1) is 12.7 Å². The van der Waals surface area contributed by atoms with Gasteiger partial charge in [0.25, 0.3) is 0 Å². The summed E-state index contributed by atoms with van der Waals surface area (Å²) in [7, 11) is 1.62. The van der Waals surface area contributed by atoms with Gasteiger partial charge in [0.15, 0.2) is 5.60 Å². The van der Waals surface area contributed by atoms with Crippen LogP contribution in [0, 0.1) is 13.8 Å². The molecule has 0 aromatic heterocycles. The van der Waals surface area contributed by atoms with Gasteiger partial charge in [0, 0.05) is 52.9 Å². The van der Waals surface area contributed by atoms with Crippen LogP contribution in [0.5, 0.6) is 11.5 Å². The summed E-state index contributed by atoms with van der Waals surface area (Å²) in [4.78, 5) is 15.8. The third-order valence-corrected chi connectivity index (χ3v) is 8.40. The van der Waals surface area contributed by atoms with Crippen LogP contribution in [0.25, 0.3) is 0 Å². The van der Waals surface area contributed by atoms with Crippen LogP contribution in [0.1, 0.15) is 77.7 Å². The van der Waals surface area contributed by atoms with Crippen molar-refractivity contribution >= 4 is 23.0 Å². The number of hydrogen-bond donors (Lipinski definition) is 2. The van der Waals surface area contributed by atoms with Crippen molar-refractivity contribution in [2.75, 3.05) is 30.4 Å². The highest BCUT2D eigenvalue weighted by molar-refractivity contribution is 5.97. The number of hydrogen-bond acceptors (Lipinski definition) is 6. The molecule has 0 saturated carbocycles. The Labute approximate surface area is 255 Å². The molecule has 4 aromatic rings. The Morgan fingerprint density at radius 2 is 1.51 bits per heavy atom. The Hall–Kier alpha value is -4.45. The van der Waals surface area contributed by atoms with Crippen LogP contribution in [0.2, 0.25) is 0 Å². The number of ether oxygens (including phenoxy) is 2. The molecular formula is C37H42N2O4. The van der Waals surface area contributed by atoms with E-state index in [4.69, 9.17) is 9.47 Å². The Balaban J connectivity index is 1.71. The van der Waals surface area contributed by atoms with Crippen LogP contribution < -0.4 is 15.0 Å². The molecule has 2 N–H and O–H groups in total. The quantitative estimate of drug-likeness (QED) is 0.164. The van der Waals surface area contributed by atoms with Crippen molar-refractivity contribution in [2.45, 2.75) is 59.0 Å². The van der Waals surface area contributed by atoms with Gasteiger partial charge in [-0.25, -0.2) is 4.79 Å². The monoisotopic (exact) mass is 578 g/mol.